The van der Waals surface area contributed by atoms with E-state index in [1.54, 1.807) is 6.20 Å². The van der Waals surface area contributed by atoms with E-state index in [4.69, 9.17) is 5.73 Å². The number of aromatic nitrogens is 1. The first-order valence-electron chi connectivity index (χ1n) is 3.89. The quantitative estimate of drug-likeness (QED) is 0.837. The molecule has 0 saturated carbocycles. The van der Waals surface area contributed by atoms with Gasteiger partial charge in [-0.3, -0.25) is 0 Å². The van der Waals surface area contributed by atoms with E-state index in [-0.39, 0.29) is 0 Å². The number of nitrogens with one attached hydrogen (secondary N) is 1. The normalized spacial score (nSPS) is 9.83. The van der Waals surface area contributed by atoms with Gasteiger partial charge in [0.05, 0.1) is 16.4 Å². The standard InChI is InChI=1S/C8H12BrN3/c1-2-3-11-8-7(9)4-6(10)5-12-8/h4-5H,2-3,10H2,1H3,(H,11,12). The molecule has 0 bridgehead atoms. The van der Waals surface area contributed by atoms with Crippen LogP contribution in [0.25, 0.3) is 0 Å². The number of nitrogens with zero attached hydrogens (tertiary/aromatic N) is 1. The van der Waals surface area contributed by atoms with Crippen molar-refractivity contribution in [1.29, 1.82) is 0 Å². The molecule has 3 nitrogen and oxygen atoms in total. The topological polar surface area (TPSA) is 50.9 Å². The SMILES string of the molecule is CCCNc1ncc(N)cc1Br. The number of halogens is 1. The lowest BCUT2D eigenvalue weighted by Gasteiger charge is -2.05. The number of rotatable bonds is 3. The van der Waals surface area contributed by atoms with Crippen molar-refractivity contribution in [2.24, 2.45) is 0 Å². The van der Waals surface area contributed by atoms with Gasteiger partial charge in [-0.25, -0.2) is 4.98 Å². The highest BCUT2D eigenvalue weighted by Crippen LogP contribution is 2.21. The Morgan fingerprint density at radius 2 is 2.42 bits per heavy atom. The van der Waals surface area contributed by atoms with Gasteiger partial charge in [0.25, 0.3) is 0 Å². The van der Waals surface area contributed by atoms with E-state index in [1.165, 1.54) is 0 Å². The zero-order valence-corrected chi connectivity index (χ0v) is 8.56. The Kier molecular flexibility index (Phi) is 3.34. The van der Waals surface area contributed by atoms with Crippen LogP contribution < -0.4 is 11.1 Å². The molecule has 0 unspecified atom stereocenters. The molecule has 66 valence electrons. The summed E-state index contributed by atoms with van der Waals surface area (Å²) in [7, 11) is 0. The number of pyridine rings is 1. The number of nitrogen functional groups attached to an aromatic ring is 1. The largest absolute Gasteiger partial charge is 0.397 e. The fourth-order valence-corrected chi connectivity index (χ4v) is 1.33. The van der Waals surface area contributed by atoms with Gasteiger partial charge in [-0.15, -0.1) is 0 Å². The van der Waals surface area contributed by atoms with Gasteiger partial charge < -0.3 is 11.1 Å². The van der Waals surface area contributed by atoms with E-state index in [2.05, 4.69) is 33.2 Å². The molecule has 4 heteroatoms. The first kappa shape index (κ1) is 9.32. The lowest BCUT2D eigenvalue weighted by atomic mass is 10.4. The number of hydrogen-bond acceptors (Lipinski definition) is 3. The van der Waals surface area contributed by atoms with Crippen LogP contribution in [0.4, 0.5) is 11.5 Å². The van der Waals surface area contributed by atoms with Gasteiger partial charge in [0.2, 0.25) is 0 Å². The molecule has 12 heavy (non-hydrogen) atoms. The third kappa shape index (κ3) is 2.37. The summed E-state index contributed by atoms with van der Waals surface area (Å²) in [6, 6.07) is 1.84. The maximum Gasteiger partial charge on any atom is 0.140 e. The molecule has 0 aliphatic carbocycles. The van der Waals surface area contributed by atoms with Gasteiger partial charge in [-0.05, 0) is 28.4 Å². The molecule has 0 aliphatic heterocycles. The molecule has 1 aromatic rings. The summed E-state index contributed by atoms with van der Waals surface area (Å²) < 4.78 is 0.913. The van der Waals surface area contributed by atoms with Crippen molar-refractivity contribution in [3.05, 3.63) is 16.7 Å². The molecular weight excluding hydrogens is 218 g/mol. The van der Waals surface area contributed by atoms with E-state index in [9.17, 15) is 0 Å². The predicted octanol–water partition coefficient (Wildman–Crippen LogP) is 2.25. The maximum atomic E-state index is 5.54. The number of hydrogen-bond donors (Lipinski definition) is 2. The maximum absolute atomic E-state index is 5.54. The molecule has 0 spiro atoms. The van der Waals surface area contributed by atoms with Crippen molar-refractivity contribution >= 4 is 27.4 Å². The van der Waals surface area contributed by atoms with E-state index < -0.39 is 0 Å². The molecule has 3 N–H and O–H groups in total. The second kappa shape index (κ2) is 4.30. The highest BCUT2D eigenvalue weighted by Gasteiger charge is 1.99. The van der Waals surface area contributed by atoms with Crippen molar-refractivity contribution in [2.45, 2.75) is 13.3 Å². The van der Waals surface area contributed by atoms with Crippen LogP contribution in [-0.4, -0.2) is 11.5 Å². The van der Waals surface area contributed by atoms with E-state index in [1.807, 2.05) is 6.07 Å². The van der Waals surface area contributed by atoms with Crippen LogP contribution in [0, 0.1) is 0 Å². The average Bonchev–Trinajstić information content (AvgIpc) is 2.03. The summed E-state index contributed by atoms with van der Waals surface area (Å²) in [4.78, 5) is 4.13. The van der Waals surface area contributed by atoms with Crippen LogP contribution in [-0.2, 0) is 0 Å². The molecule has 0 aromatic carbocycles. The molecule has 0 saturated heterocycles. The highest BCUT2D eigenvalue weighted by molar-refractivity contribution is 9.10. The van der Waals surface area contributed by atoms with Crippen molar-refractivity contribution in [3.8, 4) is 0 Å². The summed E-state index contributed by atoms with van der Waals surface area (Å²) in [6.07, 6.45) is 2.72. The zero-order valence-electron chi connectivity index (χ0n) is 6.97. The number of nitrogens with two attached hydrogens (primary N) is 1. The predicted molar refractivity (Wildman–Crippen MR) is 55.1 cm³/mol. The van der Waals surface area contributed by atoms with Crippen molar-refractivity contribution in [1.82, 2.24) is 4.98 Å². The Morgan fingerprint density at radius 3 is 3.00 bits per heavy atom. The summed E-state index contributed by atoms with van der Waals surface area (Å²) in [5.74, 6) is 0.853. The lowest BCUT2D eigenvalue weighted by molar-refractivity contribution is 0.968. The van der Waals surface area contributed by atoms with E-state index in [0.717, 1.165) is 23.3 Å². The summed E-state index contributed by atoms with van der Waals surface area (Å²) in [5.41, 5.74) is 6.21. The Labute approximate surface area is 80.5 Å². The van der Waals surface area contributed by atoms with Crippen LogP contribution in [0.1, 0.15) is 13.3 Å². The molecule has 1 aromatic heterocycles. The second-order valence-electron chi connectivity index (χ2n) is 2.53. The zero-order chi connectivity index (χ0) is 8.97. The first-order chi connectivity index (χ1) is 5.74. The Balaban J connectivity index is 2.72. The molecule has 0 fully saturated rings. The molecule has 1 rings (SSSR count). The minimum absolute atomic E-state index is 0.670. The van der Waals surface area contributed by atoms with E-state index >= 15 is 0 Å². The van der Waals surface area contributed by atoms with Crippen LogP contribution in [0.15, 0.2) is 16.7 Å². The minimum atomic E-state index is 0.670. The Bertz CT molecular complexity index is 262. The lowest BCUT2D eigenvalue weighted by Crippen LogP contribution is -2.02. The number of anilines is 2. The summed E-state index contributed by atoms with van der Waals surface area (Å²) in [6.45, 7) is 3.04. The molecular formula is C8H12BrN3. The molecule has 0 aliphatic rings. The van der Waals surface area contributed by atoms with Gasteiger partial charge in [0.15, 0.2) is 0 Å². The molecule has 1 heterocycles. The third-order valence-electron chi connectivity index (χ3n) is 1.40. The second-order valence-corrected chi connectivity index (χ2v) is 3.38. The molecule has 0 amide bonds. The van der Waals surface area contributed by atoms with Gasteiger partial charge in [0, 0.05) is 6.54 Å². The van der Waals surface area contributed by atoms with Crippen molar-refractivity contribution < 1.29 is 0 Å². The van der Waals surface area contributed by atoms with Gasteiger partial charge >= 0.3 is 0 Å². The fourth-order valence-electron chi connectivity index (χ4n) is 0.826. The molecule has 0 radical (unpaired) electrons. The summed E-state index contributed by atoms with van der Waals surface area (Å²) >= 11 is 3.37. The monoisotopic (exact) mass is 229 g/mol. The minimum Gasteiger partial charge on any atom is -0.397 e. The Hall–Kier alpha value is -0.770. The van der Waals surface area contributed by atoms with Crippen LogP contribution in [0.5, 0.6) is 0 Å². The van der Waals surface area contributed by atoms with Crippen molar-refractivity contribution in [2.75, 3.05) is 17.6 Å². The first-order valence-corrected chi connectivity index (χ1v) is 4.68. The molecule has 0 atom stereocenters. The van der Waals surface area contributed by atoms with Crippen LogP contribution in [0.3, 0.4) is 0 Å². The van der Waals surface area contributed by atoms with Crippen LogP contribution in [0.2, 0.25) is 0 Å². The van der Waals surface area contributed by atoms with Gasteiger partial charge in [-0.1, -0.05) is 6.92 Å². The van der Waals surface area contributed by atoms with E-state index in [0.29, 0.717) is 5.69 Å². The van der Waals surface area contributed by atoms with Gasteiger partial charge in [-0.2, -0.15) is 0 Å². The van der Waals surface area contributed by atoms with Crippen LogP contribution >= 0.6 is 15.9 Å². The average molecular weight is 230 g/mol. The fraction of sp³-hybridized carbons (Fsp3) is 0.375. The third-order valence-corrected chi connectivity index (χ3v) is 2.01. The smallest absolute Gasteiger partial charge is 0.140 e. The highest BCUT2D eigenvalue weighted by atomic mass is 79.9. The Morgan fingerprint density at radius 1 is 1.67 bits per heavy atom. The van der Waals surface area contributed by atoms with Crippen molar-refractivity contribution in [3.63, 3.8) is 0 Å². The summed E-state index contributed by atoms with van der Waals surface area (Å²) in [5, 5.41) is 3.18. The van der Waals surface area contributed by atoms with Gasteiger partial charge in [0.1, 0.15) is 5.82 Å².